The van der Waals surface area contributed by atoms with Crippen molar-refractivity contribution >= 4 is 5.91 Å². The number of nitrogens with two attached hydrogens (primary N) is 1. The van der Waals surface area contributed by atoms with Gasteiger partial charge in [0.25, 0.3) is 0 Å². The summed E-state index contributed by atoms with van der Waals surface area (Å²) in [5, 5.41) is 0. The fraction of sp³-hybridized carbons (Fsp3) is 0.750. The Balaban J connectivity index is -0.000000214. The molecular weight excluding hydrogens is 224 g/mol. The molecule has 1 amide bonds. The fourth-order valence-corrected chi connectivity index (χ4v) is 0.810. The van der Waals surface area contributed by atoms with E-state index in [4.69, 9.17) is 0 Å². The molecule has 0 bridgehead atoms. The number of hydrogen-bond donors (Lipinski definition) is 1. The zero-order chi connectivity index (χ0) is 12.5. The van der Waals surface area contributed by atoms with E-state index in [9.17, 15) is 4.79 Å². The second kappa shape index (κ2) is 11.0. The van der Waals surface area contributed by atoms with E-state index < -0.39 is 5.91 Å². The molecule has 0 heterocycles. The molecule has 0 spiro atoms. The van der Waals surface area contributed by atoms with E-state index in [0.717, 1.165) is 10.4 Å². The number of amides is 1. The van der Waals surface area contributed by atoms with Crippen LogP contribution in [0.15, 0.2) is 12.2 Å². The maximum atomic E-state index is 9.73. The Labute approximate surface area is 107 Å². The number of primary amides is 1. The molecule has 4 heteroatoms. The van der Waals surface area contributed by atoms with Gasteiger partial charge in [0.05, 0.1) is 27.7 Å². The minimum atomic E-state index is -0.391. The van der Waals surface area contributed by atoms with Crippen LogP contribution in [-0.2, 0) is 4.79 Å². The highest BCUT2D eigenvalue weighted by Crippen LogP contribution is 2.02. The van der Waals surface area contributed by atoms with E-state index in [0.29, 0.717) is 0 Å². The number of nitrogens with zero attached hydrogens (tertiary/aromatic N) is 1. The van der Waals surface area contributed by atoms with Crippen molar-refractivity contribution in [2.24, 2.45) is 11.7 Å². The van der Waals surface area contributed by atoms with E-state index in [2.05, 4.69) is 40.7 Å². The van der Waals surface area contributed by atoms with Gasteiger partial charge >= 0.3 is 0 Å². The van der Waals surface area contributed by atoms with Crippen LogP contribution in [0.1, 0.15) is 27.2 Å². The van der Waals surface area contributed by atoms with Crippen molar-refractivity contribution in [2.45, 2.75) is 27.2 Å². The maximum absolute atomic E-state index is 9.73. The molecule has 16 heavy (non-hydrogen) atoms. The average Bonchev–Trinajstić information content (AvgIpc) is 2.00. The average molecular weight is 251 g/mol. The van der Waals surface area contributed by atoms with Crippen molar-refractivity contribution in [1.82, 2.24) is 0 Å². The predicted molar refractivity (Wildman–Crippen MR) is 66.4 cm³/mol. The molecule has 0 saturated carbocycles. The van der Waals surface area contributed by atoms with Crippen LogP contribution >= 0.6 is 0 Å². The third-order valence-electron chi connectivity index (χ3n) is 1.71. The Morgan fingerprint density at radius 2 is 1.75 bits per heavy atom. The van der Waals surface area contributed by atoms with Gasteiger partial charge in [-0.2, -0.15) is 0 Å². The largest absolute Gasteiger partial charge is 1.00 e. The summed E-state index contributed by atoms with van der Waals surface area (Å²) in [6.45, 7) is 7.58. The smallest absolute Gasteiger partial charge is 0.241 e. The van der Waals surface area contributed by atoms with Gasteiger partial charge in [-0.15, -0.1) is 0 Å². The molecule has 0 aromatic rings. The Hall–Kier alpha value is -0.540. The van der Waals surface area contributed by atoms with E-state index in [1.165, 1.54) is 19.0 Å². The SMILES string of the molecule is CC(C)CC[N+](C)(C)C.CC=CC(N)=O.[Cl-]. The van der Waals surface area contributed by atoms with Gasteiger partial charge in [0.15, 0.2) is 0 Å². The lowest BCUT2D eigenvalue weighted by Crippen LogP contribution is -3.00. The molecule has 0 atom stereocenters. The van der Waals surface area contributed by atoms with E-state index >= 15 is 0 Å². The fourth-order valence-electron chi connectivity index (χ4n) is 0.810. The summed E-state index contributed by atoms with van der Waals surface area (Å²) in [5.41, 5.74) is 4.68. The lowest BCUT2D eigenvalue weighted by molar-refractivity contribution is -0.870. The Morgan fingerprint density at radius 1 is 1.31 bits per heavy atom. The second-order valence-corrected chi connectivity index (χ2v) is 5.10. The molecular formula is C12H27ClN2O. The van der Waals surface area contributed by atoms with E-state index in [1.54, 1.807) is 13.0 Å². The minimum Gasteiger partial charge on any atom is -1.00 e. The van der Waals surface area contributed by atoms with Gasteiger partial charge in [-0.3, -0.25) is 4.79 Å². The zero-order valence-corrected chi connectivity index (χ0v) is 12.2. The normalized spacial score (nSPS) is 10.7. The summed E-state index contributed by atoms with van der Waals surface area (Å²) in [7, 11) is 6.72. The van der Waals surface area contributed by atoms with Crippen molar-refractivity contribution in [3.63, 3.8) is 0 Å². The lowest BCUT2D eigenvalue weighted by atomic mass is 10.1. The molecule has 98 valence electrons. The number of rotatable bonds is 4. The van der Waals surface area contributed by atoms with Crippen LogP contribution in [-0.4, -0.2) is 38.1 Å². The monoisotopic (exact) mass is 250 g/mol. The van der Waals surface area contributed by atoms with Gasteiger partial charge in [0.1, 0.15) is 0 Å². The highest BCUT2D eigenvalue weighted by molar-refractivity contribution is 5.85. The minimum absolute atomic E-state index is 0. The number of quaternary nitrogens is 1. The second-order valence-electron chi connectivity index (χ2n) is 5.10. The van der Waals surface area contributed by atoms with Crippen molar-refractivity contribution < 1.29 is 21.7 Å². The van der Waals surface area contributed by atoms with Crippen LogP contribution in [0.3, 0.4) is 0 Å². The van der Waals surface area contributed by atoms with Crippen LogP contribution in [0.25, 0.3) is 0 Å². The van der Waals surface area contributed by atoms with Crippen LogP contribution in [0, 0.1) is 5.92 Å². The number of carbonyl (C=O) groups is 1. The predicted octanol–water partition coefficient (Wildman–Crippen LogP) is -1.21. The standard InChI is InChI=1S/C8H20N.C4H7NO.ClH/c1-8(2)6-7-9(3,4)5;1-2-3-4(5)6;/h8H,6-7H2,1-5H3;2-3H,1H3,(H2,5,6);1H/q+1;;/p-1. The molecule has 0 aliphatic carbocycles. The molecule has 0 saturated heterocycles. The molecule has 0 rings (SSSR count). The topological polar surface area (TPSA) is 43.1 Å². The van der Waals surface area contributed by atoms with Gasteiger partial charge in [-0.05, 0) is 25.3 Å². The summed E-state index contributed by atoms with van der Waals surface area (Å²) in [6.07, 6.45) is 4.24. The van der Waals surface area contributed by atoms with E-state index in [1.807, 2.05) is 0 Å². The van der Waals surface area contributed by atoms with Gasteiger partial charge in [0.2, 0.25) is 5.91 Å². The number of hydrogen-bond acceptors (Lipinski definition) is 1. The Kier molecular flexibility index (Phi) is 14.3. The summed E-state index contributed by atoms with van der Waals surface area (Å²) in [6, 6.07) is 0. The number of allylic oxidation sites excluding steroid dienone is 1. The van der Waals surface area contributed by atoms with Gasteiger partial charge in [0, 0.05) is 0 Å². The van der Waals surface area contributed by atoms with Crippen molar-refractivity contribution in [1.29, 1.82) is 0 Å². The summed E-state index contributed by atoms with van der Waals surface area (Å²) >= 11 is 0. The van der Waals surface area contributed by atoms with Gasteiger partial charge in [-0.25, -0.2) is 0 Å². The first-order valence-corrected chi connectivity index (χ1v) is 5.41. The van der Waals surface area contributed by atoms with E-state index in [-0.39, 0.29) is 12.4 Å². The first kappa shape index (κ1) is 20.8. The van der Waals surface area contributed by atoms with Crippen LogP contribution in [0.5, 0.6) is 0 Å². The van der Waals surface area contributed by atoms with Gasteiger partial charge < -0.3 is 22.6 Å². The third kappa shape index (κ3) is 29.2. The van der Waals surface area contributed by atoms with Crippen molar-refractivity contribution in [2.75, 3.05) is 27.7 Å². The first-order valence-electron chi connectivity index (χ1n) is 5.41. The molecule has 0 aromatic carbocycles. The highest BCUT2D eigenvalue weighted by atomic mass is 35.5. The summed E-state index contributed by atoms with van der Waals surface area (Å²) in [5.74, 6) is 0.458. The Bertz CT molecular complexity index is 196. The molecule has 0 aliphatic heterocycles. The number of halogens is 1. The van der Waals surface area contributed by atoms with Crippen LogP contribution in [0.2, 0.25) is 0 Å². The first-order chi connectivity index (χ1) is 6.69. The summed E-state index contributed by atoms with van der Waals surface area (Å²) < 4.78 is 1.10. The molecule has 0 aliphatic rings. The number of carbonyl (C=O) groups excluding carboxylic acids is 1. The molecule has 0 unspecified atom stereocenters. The highest BCUT2D eigenvalue weighted by Gasteiger charge is 2.06. The van der Waals surface area contributed by atoms with Crippen molar-refractivity contribution in [3.05, 3.63) is 12.2 Å². The quantitative estimate of drug-likeness (QED) is 0.494. The van der Waals surface area contributed by atoms with Crippen LogP contribution in [0.4, 0.5) is 0 Å². The molecule has 0 fully saturated rings. The lowest BCUT2D eigenvalue weighted by Gasteiger charge is -2.24. The zero-order valence-electron chi connectivity index (χ0n) is 11.5. The summed E-state index contributed by atoms with van der Waals surface area (Å²) in [4.78, 5) is 9.73. The van der Waals surface area contributed by atoms with Gasteiger partial charge in [-0.1, -0.05) is 19.9 Å². The Morgan fingerprint density at radius 3 is 1.81 bits per heavy atom. The molecule has 0 radical (unpaired) electrons. The molecule has 0 aromatic heterocycles. The molecule has 3 nitrogen and oxygen atoms in total. The molecule has 2 N–H and O–H groups in total. The maximum Gasteiger partial charge on any atom is 0.241 e. The van der Waals surface area contributed by atoms with Crippen molar-refractivity contribution in [3.8, 4) is 0 Å². The third-order valence-corrected chi connectivity index (χ3v) is 1.71. The van der Waals surface area contributed by atoms with Crippen LogP contribution < -0.4 is 18.1 Å².